The topological polar surface area (TPSA) is 38.7 Å². The van der Waals surface area contributed by atoms with Crippen LogP contribution in [-0.4, -0.2) is 23.9 Å². The Hall–Kier alpha value is -1.06. The van der Waals surface area contributed by atoms with Crippen LogP contribution in [0, 0.1) is 0 Å². The van der Waals surface area contributed by atoms with E-state index in [2.05, 4.69) is 19.9 Å². The Kier molecular flexibility index (Phi) is 3.51. The molecule has 0 aromatic heterocycles. The predicted octanol–water partition coefficient (Wildman–Crippen LogP) is 3.18. The van der Waals surface area contributed by atoms with Gasteiger partial charge >= 0.3 is 0 Å². The second-order valence-electron chi connectivity index (χ2n) is 6.36. The summed E-state index contributed by atoms with van der Waals surface area (Å²) < 4.78 is 11.7. The summed E-state index contributed by atoms with van der Waals surface area (Å²) >= 11 is 0. The molecule has 0 saturated carbocycles. The minimum Gasteiger partial charge on any atom is -0.493 e. The highest BCUT2D eigenvalue weighted by Gasteiger charge is 2.44. The van der Waals surface area contributed by atoms with Gasteiger partial charge in [-0.2, -0.15) is 0 Å². The minimum absolute atomic E-state index is 0.246. The average Bonchev–Trinajstić information content (AvgIpc) is 2.46. The summed E-state index contributed by atoms with van der Waals surface area (Å²) in [5.41, 5.74) is 1.11. The fourth-order valence-corrected chi connectivity index (χ4v) is 3.44. The highest BCUT2D eigenvalue weighted by molar-refractivity contribution is 5.46. The molecule has 2 unspecified atom stereocenters. The highest BCUT2D eigenvalue weighted by atomic mass is 16.5. The Bertz CT molecular complexity index is 499. The molecule has 1 aromatic rings. The molecule has 1 saturated heterocycles. The van der Waals surface area contributed by atoms with Crippen molar-refractivity contribution in [1.82, 2.24) is 0 Å². The minimum atomic E-state index is -0.828. The first-order valence-electron chi connectivity index (χ1n) is 7.68. The fraction of sp³-hybridized carbons (Fsp3) is 0.647. The number of hydrogen-bond acceptors (Lipinski definition) is 3. The van der Waals surface area contributed by atoms with Gasteiger partial charge in [-0.15, -0.1) is 0 Å². The molecule has 2 heterocycles. The second kappa shape index (κ2) is 5.05. The molecule has 0 spiro atoms. The van der Waals surface area contributed by atoms with Crippen molar-refractivity contribution in [1.29, 1.82) is 0 Å². The molecule has 1 N–H and O–H groups in total. The molecule has 2 atom stereocenters. The molecule has 3 heteroatoms. The van der Waals surface area contributed by atoms with Crippen molar-refractivity contribution < 1.29 is 14.6 Å². The molecular formula is C17H24O3. The number of hydrogen-bond donors (Lipinski definition) is 1. The van der Waals surface area contributed by atoms with Crippen LogP contribution in [0.4, 0.5) is 0 Å². The smallest absolute Gasteiger partial charge is 0.128 e. The highest BCUT2D eigenvalue weighted by Crippen LogP contribution is 2.45. The van der Waals surface area contributed by atoms with E-state index in [1.807, 2.05) is 12.1 Å². The van der Waals surface area contributed by atoms with Crippen LogP contribution in [0.15, 0.2) is 18.2 Å². The molecule has 0 bridgehead atoms. The largest absolute Gasteiger partial charge is 0.493 e. The summed E-state index contributed by atoms with van der Waals surface area (Å²) in [5.74, 6) is 0.918. The first-order valence-corrected chi connectivity index (χ1v) is 7.68. The van der Waals surface area contributed by atoms with Gasteiger partial charge < -0.3 is 14.6 Å². The summed E-state index contributed by atoms with van der Waals surface area (Å²) in [6, 6.07) is 6.17. The second-order valence-corrected chi connectivity index (χ2v) is 6.36. The molecule has 0 aliphatic carbocycles. The van der Waals surface area contributed by atoms with Crippen molar-refractivity contribution >= 4 is 0 Å². The Labute approximate surface area is 120 Å². The standard InChI is InChI=1S/C17H24O3/c1-3-16(2)12-17(18,9-11-20-16)14-8-4-6-13-7-5-10-19-15(13)14/h4,6,8,18H,3,5,7,9-12H2,1-2H3. The molecule has 110 valence electrons. The van der Waals surface area contributed by atoms with E-state index < -0.39 is 5.60 Å². The number of benzene rings is 1. The Morgan fingerprint density at radius 2 is 2.15 bits per heavy atom. The van der Waals surface area contributed by atoms with Crippen LogP contribution < -0.4 is 4.74 Å². The maximum atomic E-state index is 11.2. The van der Waals surface area contributed by atoms with Gasteiger partial charge in [-0.25, -0.2) is 0 Å². The first kappa shape index (κ1) is 13.9. The summed E-state index contributed by atoms with van der Waals surface area (Å²) in [6.45, 7) is 5.56. The number of aliphatic hydroxyl groups is 1. The van der Waals surface area contributed by atoms with Crippen LogP contribution in [0.1, 0.15) is 50.7 Å². The van der Waals surface area contributed by atoms with Crippen LogP contribution in [0.5, 0.6) is 5.75 Å². The summed E-state index contributed by atoms with van der Waals surface area (Å²) in [5, 5.41) is 11.2. The first-order chi connectivity index (χ1) is 9.56. The van der Waals surface area contributed by atoms with E-state index in [9.17, 15) is 5.11 Å². The van der Waals surface area contributed by atoms with Gasteiger partial charge in [-0.3, -0.25) is 0 Å². The maximum Gasteiger partial charge on any atom is 0.128 e. The zero-order chi connectivity index (χ0) is 14.2. The lowest BCUT2D eigenvalue weighted by Gasteiger charge is -2.44. The van der Waals surface area contributed by atoms with E-state index in [-0.39, 0.29) is 5.60 Å². The van der Waals surface area contributed by atoms with E-state index in [0.717, 1.165) is 37.2 Å². The van der Waals surface area contributed by atoms with E-state index in [1.54, 1.807) is 0 Å². The van der Waals surface area contributed by atoms with Crippen LogP contribution in [-0.2, 0) is 16.8 Å². The Morgan fingerprint density at radius 1 is 1.30 bits per heavy atom. The normalized spacial score (nSPS) is 33.4. The number of aryl methyl sites for hydroxylation is 1. The predicted molar refractivity (Wildman–Crippen MR) is 78.0 cm³/mol. The molecule has 2 aliphatic heterocycles. The Morgan fingerprint density at radius 3 is 2.95 bits per heavy atom. The van der Waals surface area contributed by atoms with Crippen LogP contribution in [0.2, 0.25) is 0 Å². The van der Waals surface area contributed by atoms with Crippen molar-refractivity contribution in [2.45, 2.75) is 57.2 Å². The summed E-state index contributed by atoms with van der Waals surface area (Å²) in [6.07, 6.45) is 4.29. The maximum absolute atomic E-state index is 11.2. The molecule has 0 radical (unpaired) electrons. The van der Waals surface area contributed by atoms with Crippen LogP contribution in [0.3, 0.4) is 0 Å². The van der Waals surface area contributed by atoms with Crippen molar-refractivity contribution in [3.05, 3.63) is 29.3 Å². The number of fused-ring (bicyclic) bond motifs is 1. The fourth-order valence-electron chi connectivity index (χ4n) is 3.44. The molecule has 1 fully saturated rings. The molecule has 20 heavy (non-hydrogen) atoms. The third-order valence-electron chi connectivity index (χ3n) is 4.82. The third-order valence-corrected chi connectivity index (χ3v) is 4.82. The molecule has 0 amide bonds. The van der Waals surface area contributed by atoms with E-state index in [0.29, 0.717) is 19.4 Å². The van der Waals surface area contributed by atoms with Gasteiger partial charge in [0.25, 0.3) is 0 Å². The van der Waals surface area contributed by atoms with Gasteiger partial charge in [0.05, 0.1) is 24.4 Å². The van der Waals surface area contributed by atoms with Crippen LogP contribution in [0.25, 0.3) is 0 Å². The number of rotatable bonds is 2. The van der Waals surface area contributed by atoms with Gasteiger partial charge in [0.2, 0.25) is 0 Å². The quantitative estimate of drug-likeness (QED) is 0.901. The number of ether oxygens (including phenoxy) is 2. The zero-order valence-electron chi connectivity index (χ0n) is 12.4. The van der Waals surface area contributed by atoms with Crippen molar-refractivity contribution in [2.75, 3.05) is 13.2 Å². The summed E-state index contributed by atoms with van der Waals surface area (Å²) in [7, 11) is 0. The van der Waals surface area contributed by atoms with E-state index >= 15 is 0 Å². The van der Waals surface area contributed by atoms with Gasteiger partial charge in [0.15, 0.2) is 0 Å². The van der Waals surface area contributed by atoms with Gasteiger partial charge in [0, 0.05) is 18.4 Å². The SMILES string of the molecule is CCC1(C)CC(O)(c2cccc3c2OCCC3)CCO1. The Balaban J connectivity index is 1.99. The van der Waals surface area contributed by atoms with Crippen molar-refractivity contribution in [3.8, 4) is 5.75 Å². The van der Waals surface area contributed by atoms with Crippen molar-refractivity contribution in [2.24, 2.45) is 0 Å². The van der Waals surface area contributed by atoms with Gasteiger partial charge in [-0.05, 0) is 31.7 Å². The third kappa shape index (κ3) is 2.33. The molecule has 3 nitrogen and oxygen atoms in total. The lowest BCUT2D eigenvalue weighted by Crippen LogP contribution is -2.45. The average molecular weight is 276 g/mol. The lowest BCUT2D eigenvalue weighted by molar-refractivity contribution is -0.158. The van der Waals surface area contributed by atoms with Gasteiger partial charge in [-0.1, -0.05) is 25.1 Å². The number of para-hydroxylation sites is 1. The summed E-state index contributed by atoms with van der Waals surface area (Å²) in [4.78, 5) is 0. The molecule has 1 aromatic carbocycles. The molecular weight excluding hydrogens is 252 g/mol. The van der Waals surface area contributed by atoms with Crippen molar-refractivity contribution in [3.63, 3.8) is 0 Å². The van der Waals surface area contributed by atoms with Crippen LogP contribution >= 0.6 is 0 Å². The molecule has 3 rings (SSSR count). The van der Waals surface area contributed by atoms with E-state index in [1.165, 1.54) is 5.56 Å². The van der Waals surface area contributed by atoms with E-state index in [4.69, 9.17) is 9.47 Å². The lowest BCUT2D eigenvalue weighted by atomic mass is 9.76. The zero-order valence-corrected chi connectivity index (χ0v) is 12.4. The molecule has 2 aliphatic rings. The van der Waals surface area contributed by atoms with Gasteiger partial charge in [0.1, 0.15) is 5.75 Å². The monoisotopic (exact) mass is 276 g/mol.